The van der Waals surface area contributed by atoms with Crippen molar-refractivity contribution in [1.82, 2.24) is 15.0 Å². The van der Waals surface area contributed by atoms with Gasteiger partial charge in [-0.2, -0.15) is 0 Å². The van der Waals surface area contributed by atoms with Gasteiger partial charge in [-0.1, -0.05) is 5.21 Å². The minimum absolute atomic E-state index is 0.263. The predicted octanol–water partition coefficient (Wildman–Crippen LogP) is 2.75. The van der Waals surface area contributed by atoms with E-state index >= 15 is 0 Å². The maximum absolute atomic E-state index is 12.9. The van der Waals surface area contributed by atoms with Crippen molar-refractivity contribution in [3.63, 3.8) is 0 Å². The number of halogens is 3. The van der Waals surface area contributed by atoms with Gasteiger partial charge < -0.3 is 0 Å². The fourth-order valence-electron chi connectivity index (χ4n) is 1.14. The third-order valence-electron chi connectivity index (χ3n) is 1.83. The van der Waals surface area contributed by atoms with Gasteiger partial charge in [-0.3, -0.25) is 0 Å². The van der Waals surface area contributed by atoms with E-state index in [9.17, 15) is 4.39 Å². The summed E-state index contributed by atoms with van der Waals surface area (Å²) in [5.74, 6) is 0.0541. The number of nitrogens with zero attached hydrogens (tertiary/aromatic N) is 3. The van der Waals surface area contributed by atoms with Crippen LogP contribution in [0.3, 0.4) is 0 Å². The highest BCUT2D eigenvalue weighted by Gasteiger charge is 2.06. The summed E-state index contributed by atoms with van der Waals surface area (Å²) in [6.07, 6.45) is 1.72. The maximum atomic E-state index is 12.9. The fraction of sp³-hybridized carbons (Fsp3) is 0.111. The van der Waals surface area contributed by atoms with Crippen molar-refractivity contribution in [2.24, 2.45) is 0 Å². The first-order valence-corrected chi connectivity index (χ1v) is 5.74. The van der Waals surface area contributed by atoms with E-state index in [2.05, 4.69) is 10.3 Å². The highest BCUT2D eigenvalue weighted by atomic mass is 127. The Hall–Kier alpha value is -0.690. The zero-order chi connectivity index (χ0) is 10.8. The summed E-state index contributed by atoms with van der Waals surface area (Å²) in [5.41, 5.74) is 1.48. The first kappa shape index (κ1) is 10.8. The van der Waals surface area contributed by atoms with Crippen LogP contribution in [-0.2, 0) is 5.88 Å². The first-order chi connectivity index (χ1) is 7.20. The van der Waals surface area contributed by atoms with Gasteiger partial charge in [-0.25, -0.2) is 9.07 Å². The Morgan fingerprint density at radius 1 is 1.47 bits per heavy atom. The molecule has 0 saturated heterocycles. The minimum Gasteiger partial charge on any atom is -0.219 e. The Morgan fingerprint density at radius 2 is 2.27 bits per heavy atom. The largest absolute Gasteiger partial charge is 0.219 e. The van der Waals surface area contributed by atoms with Gasteiger partial charge >= 0.3 is 0 Å². The third-order valence-corrected chi connectivity index (χ3v) is 2.97. The molecule has 0 N–H and O–H groups in total. The maximum Gasteiger partial charge on any atom is 0.124 e. The summed E-state index contributed by atoms with van der Waals surface area (Å²) in [6, 6.07) is 4.49. The zero-order valence-corrected chi connectivity index (χ0v) is 10.4. The molecule has 1 heterocycles. The van der Waals surface area contributed by atoms with E-state index in [1.165, 1.54) is 12.1 Å². The molecule has 0 saturated carbocycles. The Kier molecular flexibility index (Phi) is 3.20. The second-order valence-corrected chi connectivity index (χ2v) is 4.31. The van der Waals surface area contributed by atoms with Gasteiger partial charge in [-0.05, 0) is 40.8 Å². The number of hydrogen-bond acceptors (Lipinski definition) is 2. The van der Waals surface area contributed by atoms with Crippen LogP contribution in [0.5, 0.6) is 0 Å². The molecule has 0 aliphatic rings. The number of benzene rings is 1. The van der Waals surface area contributed by atoms with Crippen LogP contribution < -0.4 is 0 Å². The molecular weight excluding hydrogens is 331 g/mol. The molecule has 0 atom stereocenters. The third kappa shape index (κ3) is 2.28. The summed E-state index contributed by atoms with van der Waals surface area (Å²) in [7, 11) is 0. The Bertz CT molecular complexity index is 486. The summed E-state index contributed by atoms with van der Waals surface area (Å²) < 4.78 is 15.2. The van der Waals surface area contributed by atoms with Gasteiger partial charge in [0.1, 0.15) is 5.82 Å². The minimum atomic E-state index is -0.263. The van der Waals surface area contributed by atoms with Gasteiger partial charge in [-0.15, -0.1) is 16.7 Å². The SMILES string of the molecule is Fc1ccc(-n2cc(CCl)nn2)c(I)c1. The number of aromatic nitrogens is 3. The highest BCUT2D eigenvalue weighted by Crippen LogP contribution is 2.17. The lowest BCUT2D eigenvalue weighted by molar-refractivity contribution is 0.625. The van der Waals surface area contributed by atoms with Gasteiger partial charge in [0.05, 0.1) is 23.5 Å². The first-order valence-electron chi connectivity index (χ1n) is 4.13. The van der Waals surface area contributed by atoms with E-state index in [1.54, 1.807) is 16.9 Å². The molecular formula is C9H6ClFIN3. The lowest BCUT2D eigenvalue weighted by Gasteiger charge is -2.02. The smallest absolute Gasteiger partial charge is 0.124 e. The van der Waals surface area contributed by atoms with Crippen molar-refractivity contribution in [2.75, 3.05) is 0 Å². The van der Waals surface area contributed by atoms with Gasteiger partial charge in [0.25, 0.3) is 0 Å². The van der Waals surface area contributed by atoms with E-state index < -0.39 is 0 Å². The van der Waals surface area contributed by atoms with E-state index in [0.717, 1.165) is 9.26 Å². The summed E-state index contributed by atoms with van der Waals surface area (Å²) >= 11 is 7.66. The molecule has 2 rings (SSSR count). The van der Waals surface area contributed by atoms with Crippen LogP contribution in [0.1, 0.15) is 5.69 Å². The van der Waals surface area contributed by atoms with Crippen LogP contribution in [0.15, 0.2) is 24.4 Å². The predicted molar refractivity (Wildman–Crippen MR) is 63.6 cm³/mol. The molecule has 0 spiro atoms. The molecule has 6 heteroatoms. The van der Waals surface area contributed by atoms with Crippen molar-refractivity contribution in [2.45, 2.75) is 5.88 Å². The second-order valence-electron chi connectivity index (χ2n) is 2.88. The molecule has 2 aromatic rings. The van der Waals surface area contributed by atoms with Gasteiger partial charge in [0, 0.05) is 3.57 Å². The van der Waals surface area contributed by atoms with E-state index in [4.69, 9.17) is 11.6 Å². The molecule has 0 bridgehead atoms. The van der Waals surface area contributed by atoms with Crippen molar-refractivity contribution in [1.29, 1.82) is 0 Å². The Balaban J connectivity index is 2.44. The lowest BCUT2D eigenvalue weighted by Crippen LogP contribution is -1.98. The van der Waals surface area contributed by atoms with E-state index in [-0.39, 0.29) is 5.82 Å². The molecule has 0 fully saturated rings. The van der Waals surface area contributed by atoms with Crippen molar-refractivity contribution >= 4 is 34.2 Å². The van der Waals surface area contributed by atoms with Gasteiger partial charge in [0.15, 0.2) is 0 Å². The average Bonchev–Trinajstić information content (AvgIpc) is 2.66. The number of hydrogen-bond donors (Lipinski definition) is 0. The van der Waals surface area contributed by atoms with Crippen LogP contribution in [0.2, 0.25) is 0 Å². The molecule has 0 amide bonds. The number of alkyl halides is 1. The molecule has 0 aliphatic carbocycles. The second kappa shape index (κ2) is 4.44. The zero-order valence-electron chi connectivity index (χ0n) is 7.49. The Labute approximate surface area is 104 Å². The normalized spacial score (nSPS) is 10.6. The fourth-order valence-corrected chi connectivity index (χ4v) is 1.99. The molecule has 1 aromatic heterocycles. The quantitative estimate of drug-likeness (QED) is 0.623. The summed E-state index contributed by atoms with van der Waals surface area (Å²) in [6.45, 7) is 0. The molecule has 1 aromatic carbocycles. The molecule has 78 valence electrons. The topological polar surface area (TPSA) is 30.7 Å². The monoisotopic (exact) mass is 337 g/mol. The molecule has 0 radical (unpaired) electrons. The molecule has 0 unspecified atom stereocenters. The summed E-state index contributed by atoms with van der Waals surface area (Å²) in [4.78, 5) is 0. The van der Waals surface area contributed by atoms with Crippen LogP contribution in [-0.4, -0.2) is 15.0 Å². The van der Waals surface area contributed by atoms with Crippen LogP contribution in [0, 0.1) is 9.39 Å². The van der Waals surface area contributed by atoms with Crippen molar-refractivity contribution in [3.05, 3.63) is 39.5 Å². The molecule has 15 heavy (non-hydrogen) atoms. The van der Waals surface area contributed by atoms with Crippen LogP contribution in [0.25, 0.3) is 5.69 Å². The van der Waals surface area contributed by atoms with Gasteiger partial charge in [0.2, 0.25) is 0 Å². The average molecular weight is 338 g/mol. The van der Waals surface area contributed by atoms with Crippen molar-refractivity contribution < 1.29 is 4.39 Å². The number of rotatable bonds is 2. The molecule has 0 aliphatic heterocycles. The van der Waals surface area contributed by atoms with E-state index in [0.29, 0.717) is 11.6 Å². The van der Waals surface area contributed by atoms with E-state index in [1.807, 2.05) is 22.6 Å². The van der Waals surface area contributed by atoms with Crippen LogP contribution in [0.4, 0.5) is 4.39 Å². The highest BCUT2D eigenvalue weighted by molar-refractivity contribution is 14.1. The Morgan fingerprint density at radius 3 is 2.87 bits per heavy atom. The van der Waals surface area contributed by atoms with Crippen molar-refractivity contribution in [3.8, 4) is 5.69 Å². The molecule has 3 nitrogen and oxygen atoms in total. The standard InChI is InChI=1S/C9H6ClFIN3/c10-4-7-5-15(14-13-7)9-2-1-6(11)3-8(9)12/h1-3,5H,4H2. The summed E-state index contributed by atoms with van der Waals surface area (Å²) in [5, 5.41) is 7.76. The lowest BCUT2D eigenvalue weighted by atomic mass is 10.3. The van der Waals surface area contributed by atoms with Crippen LogP contribution >= 0.6 is 34.2 Å².